The molecular formula is C19H20ClNO. The minimum absolute atomic E-state index is 0.0933. The molecule has 1 atom stereocenters. The highest BCUT2D eigenvalue weighted by molar-refractivity contribution is 6.31. The van der Waals surface area contributed by atoms with Gasteiger partial charge in [0.25, 0.3) is 0 Å². The molecule has 1 heterocycles. The molecule has 2 aromatic carbocycles. The van der Waals surface area contributed by atoms with Gasteiger partial charge >= 0.3 is 0 Å². The maximum absolute atomic E-state index is 9.96. The smallest absolute Gasteiger partial charge is 0.115 e. The van der Waals surface area contributed by atoms with E-state index in [1.165, 1.54) is 16.7 Å². The molecular weight excluding hydrogens is 294 g/mol. The molecule has 1 N–H and O–H groups in total. The molecule has 4 rings (SSSR count). The number of rotatable bonds is 2. The Morgan fingerprint density at radius 1 is 1.18 bits per heavy atom. The summed E-state index contributed by atoms with van der Waals surface area (Å²) in [5.41, 5.74) is 3.98. The second kappa shape index (κ2) is 5.00. The predicted octanol–water partition coefficient (Wildman–Crippen LogP) is 4.31. The van der Waals surface area contributed by atoms with Gasteiger partial charge in [0.1, 0.15) is 5.75 Å². The van der Waals surface area contributed by atoms with Crippen molar-refractivity contribution in [3.05, 3.63) is 64.2 Å². The van der Waals surface area contributed by atoms with Crippen molar-refractivity contribution in [3.8, 4) is 5.75 Å². The quantitative estimate of drug-likeness (QED) is 0.893. The molecule has 1 fully saturated rings. The van der Waals surface area contributed by atoms with Gasteiger partial charge in [0.15, 0.2) is 0 Å². The van der Waals surface area contributed by atoms with E-state index in [0.29, 0.717) is 11.8 Å². The van der Waals surface area contributed by atoms with Crippen LogP contribution in [0.15, 0.2) is 42.5 Å². The zero-order chi connectivity index (χ0) is 15.3. The van der Waals surface area contributed by atoms with Crippen molar-refractivity contribution in [1.82, 2.24) is 4.90 Å². The van der Waals surface area contributed by atoms with E-state index in [4.69, 9.17) is 11.6 Å². The SMILES string of the molecule is CN1CCc2ccc(O)cc2C1C1(c2ccccc2Cl)CC1. The van der Waals surface area contributed by atoms with Gasteiger partial charge in [0, 0.05) is 23.0 Å². The monoisotopic (exact) mass is 313 g/mol. The van der Waals surface area contributed by atoms with Gasteiger partial charge in [-0.1, -0.05) is 35.9 Å². The lowest BCUT2D eigenvalue weighted by atomic mass is 9.78. The Morgan fingerprint density at radius 2 is 1.95 bits per heavy atom. The zero-order valence-corrected chi connectivity index (χ0v) is 13.5. The molecule has 0 radical (unpaired) electrons. The average molecular weight is 314 g/mol. The largest absolute Gasteiger partial charge is 0.508 e. The Labute approximate surface area is 136 Å². The van der Waals surface area contributed by atoms with Crippen LogP contribution in [0.25, 0.3) is 0 Å². The first kappa shape index (κ1) is 14.1. The van der Waals surface area contributed by atoms with Gasteiger partial charge in [-0.25, -0.2) is 0 Å². The van der Waals surface area contributed by atoms with Crippen LogP contribution < -0.4 is 0 Å². The lowest BCUT2D eigenvalue weighted by molar-refractivity contribution is 0.187. The van der Waals surface area contributed by atoms with Gasteiger partial charge in [0.2, 0.25) is 0 Å². The van der Waals surface area contributed by atoms with Crippen LogP contribution in [0.5, 0.6) is 5.75 Å². The fourth-order valence-electron chi connectivity index (χ4n) is 4.14. The van der Waals surface area contributed by atoms with E-state index in [9.17, 15) is 5.11 Å². The van der Waals surface area contributed by atoms with Crippen LogP contribution in [0.3, 0.4) is 0 Å². The summed E-state index contributed by atoms with van der Waals surface area (Å²) in [7, 11) is 2.19. The Bertz CT molecular complexity index is 723. The highest BCUT2D eigenvalue weighted by atomic mass is 35.5. The zero-order valence-electron chi connectivity index (χ0n) is 12.7. The van der Waals surface area contributed by atoms with Gasteiger partial charge in [-0.05, 0) is 61.2 Å². The average Bonchev–Trinajstić information content (AvgIpc) is 3.28. The third kappa shape index (κ3) is 2.05. The molecule has 1 aliphatic heterocycles. The summed E-state index contributed by atoms with van der Waals surface area (Å²) >= 11 is 6.51. The molecule has 0 bridgehead atoms. The third-order valence-electron chi connectivity index (χ3n) is 5.32. The van der Waals surface area contributed by atoms with Crippen molar-refractivity contribution in [2.24, 2.45) is 0 Å². The summed E-state index contributed by atoms with van der Waals surface area (Å²) in [5, 5.41) is 10.8. The second-order valence-corrected chi connectivity index (χ2v) is 7.06. The minimum Gasteiger partial charge on any atom is -0.508 e. The number of aromatic hydroxyl groups is 1. The number of nitrogens with zero attached hydrogens (tertiary/aromatic N) is 1. The van der Waals surface area contributed by atoms with Crippen LogP contribution >= 0.6 is 11.6 Å². The summed E-state index contributed by atoms with van der Waals surface area (Å²) in [5.74, 6) is 0.356. The molecule has 22 heavy (non-hydrogen) atoms. The standard InChI is InChI=1S/C19H20ClNO/c1-21-11-8-13-6-7-14(22)12-15(13)18(21)19(9-10-19)16-4-2-3-5-17(16)20/h2-7,12,18,22H,8-11H2,1H3. The van der Waals surface area contributed by atoms with Crippen LogP contribution in [0, 0.1) is 0 Å². The van der Waals surface area contributed by atoms with E-state index in [1.54, 1.807) is 6.07 Å². The van der Waals surface area contributed by atoms with Crippen molar-refractivity contribution in [3.63, 3.8) is 0 Å². The number of fused-ring (bicyclic) bond motifs is 1. The molecule has 1 unspecified atom stereocenters. The Hall–Kier alpha value is -1.51. The first-order chi connectivity index (χ1) is 10.6. The predicted molar refractivity (Wildman–Crippen MR) is 89.5 cm³/mol. The molecule has 1 saturated carbocycles. The Kier molecular flexibility index (Phi) is 3.21. The lowest BCUT2D eigenvalue weighted by Crippen LogP contribution is -2.39. The van der Waals surface area contributed by atoms with E-state index in [0.717, 1.165) is 30.8 Å². The molecule has 0 aromatic heterocycles. The fraction of sp³-hybridized carbons (Fsp3) is 0.368. The summed E-state index contributed by atoms with van der Waals surface area (Å²) in [4.78, 5) is 2.43. The summed E-state index contributed by atoms with van der Waals surface area (Å²) in [6.07, 6.45) is 3.35. The number of phenolic OH excluding ortho intramolecular Hbond substituents is 1. The van der Waals surface area contributed by atoms with Crippen LogP contribution in [-0.4, -0.2) is 23.6 Å². The summed E-state index contributed by atoms with van der Waals surface area (Å²) in [6.45, 7) is 1.05. The van der Waals surface area contributed by atoms with Crippen molar-refractivity contribution in [1.29, 1.82) is 0 Å². The van der Waals surface area contributed by atoms with E-state index in [2.05, 4.69) is 30.1 Å². The molecule has 0 amide bonds. The van der Waals surface area contributed by atoms with Crippen molar-refractivity contribution < 1.29 is 5.11 Å². The van der Waals surface area contributed by atoms with Gasteiger partial charge in [0.05, 0.1) is 0 Å². The molecule has 3 heteroatoms. The highest BCUT2D eigenvalue weighted by Crippen LogP contribution is 2.61. The maximum atomic E-state index is 9.96. The molecule has 0 spiro atoms. The van der Waals surface area contributed by atoms with Crippen molar-refractivity contribution in [2.75, 3.05) is 13.6 Å². The first-order valence-electron chi connectivity index (χ1n) is 7.89. The first-order valence-corrected chi connectivity index (χ1v) is 8.27. The topological polar surface area (TPSA) is 23.5 Å². The molecule has 1 aliphatic carbocycles. The number of hydrogen-bond donors (Lipinski definition) is 1. The molecule has 0 saturated heterocycles. The molecule has 2 nitrogen and oxygen atoms in total. The highest BCUT2D eigenvalue weighted by Gasteiger charge is 2.54. The molecule has 2 aliphatic rings. The van der Waals surface area contributed by atoms with Gasteiger partial charge < -0.3 is 5.11 Å². The molecule has 114 valence electrons. The lowest BCUT2D eigenvalue weighted by Gasteiger charge is -2.40. The number of phenols is 1. The summed E-state index contributed by atoms with van der Waals surface area (Å²) < 4.78 is 0. The van der Waals surface area contributed by atoms with Gasteiger partial charge in [-0.2, -0.15) is 0 Å². The van der Waals surface area contributed by atoms with E-state index < -0.39 is 0 Å². The van der Waals surface area contributed by atoms with E-state index in [-0.39, 0.29) is 5.41 Å². The van der Waals surface area contributed by atoms with Crippen LogP contribution in [0.2, 0.25) is 5.02 Å². The van der Waals surface area contributed by atoms with Gasteiger partial charge in [-0.3, -0.25) is 4.90 Å². The second-order valence-electron chi connectivity index (χ2n) is 6.65. The van der Waals surface area contributed by atoms with Crippen LogP contribution in [-0.2, 0) is 11.8 Å². The molecule has 2 aromatic rings. The Morgan fingerprint density at radius 3 is 2.68 bits per heavy atom. The normalized spacial score (nSPS) is 23.1. The minimum atomic E-state index is 0.0933. The number of halogens is 1. The maximum Gasteiger partial charge on any atom is 0.115 e. The number of benzene rings is 2. The number of likely N-dealkylation sites (N-methyl/N-ethyl adjacent to an activating group) is 1. The van der Waals surface area contributed by atoms with Crippen LogP contribution in [0.1, 0.15) is 35.6 Å². The van der Waals surface area contributed by atoms with E-state index in [1.807, 2.05) is 18.2 Å². The van der Waals surface area contributed by atoms with E-state index >= 15 is 0 Å². The van der Waals surface area contributed by atoms with Gasteiger partial charge in [-0.15, -0.1) is 0 Å². The fourth-order valence-corrected chi connectivity index (χ4v) is 4.46. The summed E-state index contributed by atoms with van der Waals surface area (Å²) in [6, 6.07) is 14.3. The van der Waals surface area contributed by atoms with Crippen LogP contribution in [0.4, 0.5) is 0 Å². The number of hydrogen-bond acceptors (Lipinski definition) is 2. The third-order valence-corrected chi connectivity index (χ3v) is 5.65. The van der Waals surface area contributed by atoms with Crippen molar-refractivity contribution >= 4 is 11.6 Å². The Balaban J connectivity index is 1.86. The van der Waals surface area contributed by atoms with Crippen molar-refractivity contribution in [2.45, 2.75) is 30.7 Å².